The van der Waals surface area contributed by atoms with E-state index < -0.39 is 0 Å². The molecule has 0 radical (unpaired) electrons. The topological polar surface area (TPSA) is 92.8 Å². The zero-order valence-corrected chi connectivity index (χ0v) is 19.5. The van der Waals surface area contributed by atoms with Gasteiger partial charge in [-0.05, 0) is 56.5 Å². The Morgan fingerprint density at radius 3 is 2.82 bits per heavy atom. The molecule has 2 fully saturated rings. The average Bonchev–Trinajstić information content (AvgIpc) is 2.87. The third-order valence-electron chi connectivity index (χ3n) is 6.09. The zero-order chi connectivity index (χ0) is 22.7. The Labute approximate surface area is 196 Å². The van der Waals surface area contributed by atoms with E-state index in [1.54, 1.807) is 13.3 Å². The Balaban J connectivity index is 1.30. The fourth-order valence-corrected chi connectivity index (χ4v) is 4.14. The molecule has 4 rings (SSSR count). The fourth-order valence-electron chi connectivity index (χ4n) is 4.14. The summed E-state index contributed by atoms with van der Waals surface area (Å²) < 4.78 is 16.9. The monoisotopic (exact) mass is 456 g/mol. The standard InChI is InChI=1S/C24H36N6O3/c1-31-21-4-3-20(17-22(21)33-14-2-11-30-12-15-32-16-13-30)28-24-26-10-7-23(29-24)27-18-19-5-8-25-9-6-19/h3-4,7,10,17,19,25H,2,5-6,8-9,11-16,18H2,1H3,(H2,26,27,28,29). The van der Waals surface area contributed by atoms with Gasteiger partial charge in [-0.15, -0.1) is 0 Å². The molecule has 1 aromatic heterocycles. The minimum Gasteiger partial charge on any atom is -0.493 e. The molecule has 1 aromatic carbocycles. The molecule has 0 aliphatic carbocycles. The van der Waals surface area contributed by atoms with E-state index in [4.69, 9.17) is 14.2 Å². The van der Waals surface area contributed by atoms with Gasteiger partial charge in [-0.1, -0.05) is 0 Å². The van der Waals surface area contributed by atoms with Crippen LogP contribution in [0, 0.1) is 5.92 Å². The van der Waals surface area contributed by atoms with Crippen molar-refractivity contribution in [3.05, 3.63) is 30.5 Å². The molecule has 2 saturated heterocycles. The number of nitrogens with one attached hydrogen (secondary N) is 3. The first-order valence-electron chi connectivity index (χ1n) is 12.0. The average molecular weight is 457 g/mol. The van der Waals surface area contributed by atoms with E-state index in [9.17, 15) is 0 Å². The molecule has 3 heterocycles. The summed E-state index contributed by atoms with van der Waals surface area (Å²) >= 11 is 0. The molecule has 33 heavy (non-hydrogen) atoms. The van der Waals surface area contributed by atoms with E-state index in [1.807, 2.05) is 24.3 Å². The second kappa shape index (κ2) is 12.6. The predicted octanol–water partition coefficient (Wildman–Crippen LogP) is 2.74. The van der Waals surface area contributed by atoms with Crippen molar-refractivity contribution in [1.29, 1.82) is 0 Å². The number of morpholine rings is 1. The van der Waals surface area contributed by atoms with Crippen LogP contribution in [0.1, 0.15) is 19.3 Å². The van der Waals surface area contributed by atoms with Crippen LogP contribution in [-0.2, 0) is 4.74 Å². The van der Waals surface area contributed by atoms with Gasteiger partial charge in [0, 0.05) is 44.1 Å². The highest BCUT2D eigenvalue weighted by Gasteiger charge is 2.13. The van der Waals surface area contributed by atoms with Crippen molar-refractivity contribution in [2.24, 2.45) is 5.92 Å². The molecule has 3 N–H and O–H groups in total. The van der Waals surface area contributed by atoms with Gasteiger partial charge in [-0.25, -0.2) is 4.98 Å². The molecule has 0 spiro atoms. The lowest BCUT2D eigenvalue weighted by molar-refractivity contribution is 0.0357. The van der Waals surface area contributed by atoms with Crippen LogP contribution >= 0.6 is 0 Å². The van der Waals surface area contributed by atoms with Crippen LogP contribution in [0.5, 0.6) is 11.5 Å². The van der Waals surface area contributed by atoms with Crippen molar-refractivity contribution in [3.63, 3.8) is 0 Å². The highest BCUT2D eigenvalue weighted by atomic mass is 16.5. The molecule has 9 heteroatoms. The minimum absolute atomic E-state index is 0.550. The Morgan fingerprint density at radius 1 is 1.15 bits per heavy atom. The van der Waals surface area contributed by atoms with Crippen LogP contribution in [-0.4, -0.2) is 81.1 Å². The van der Waals surface area contributed by atoms with Gasteiger partial charge in [0.25, 0.3) is 0 Å². The smallest absolute Gasteiger partial charge is 0.229 e. The van der Waals surface area contributed by atoms with Crippen LogP contribution in [0.4, 0.5) is 17.5 Å². The predicted molar refractivity (Wildman–Crippen MR) is 130 cm³/mol. The molecule has 2 aromatic rings. The molecule has 2 aliphatic heterocycles. The van der Waals surface area contributed by atoms with Gasteiger partial charge >= 0.3 is 0 Å². The van der Waals surface area contributed by atoms with E-state index in [0.29, 0.717) is 30.0 Å². The first-order valence-corrected chi connectivity index (χ1v) is 12.0. The van der Waals surface area contributed by atoms with E-state index in [0.717, 1.165) is 70.4 Å². The van der Waals surface area contributed by atoms with E-state index in [1.165, 1.54) is 12.8 Å². The number of ether oxygens (including phenoxy) is 3. The number of hydrogen-bond acceptors (Lipinski definition) is 9. The normalized spacial score (nSPS) is 17.5. The maximum atomic E-state index is 6.05. The number of rotatable bonds is 11. The van der Waals surface area contributed by atoms with E-state index >= 15 is 0 Å². The number of benzene rings is 1. The largest absolute Gasteiger partial charge is 0.493 e. The quantitative estimate of drug-likeness (QED) is 0.441. The number of methoxy groups -OCH3 is 1. The number of aromatic nitrogens is 2. The third-order valence-corrected chi connectivity index (χ3v) is 6.09. The first-order chi connectivity index (χ1) is 16.3. The summed E-state index contributed by atoms with van der Waals surface area (Å²) in [7, 11) is 1.66. The second-order valence-electron chi connectivity index (χ2n) is 8.49. The third kappa shape index (κ3) is 7.45. The molecule has 2 aliphatic rings. The Kier molecular flexibility index (Phi) is 8.97. The summed E-state index contributed by atoms with van der Waals surface area (Å²) in [6.07, 6.45) is 5.12. The van der Waals surface area contributed by atoms with Crippen LogP contribution < -0.4 is 25.4 Å². The molecule has 0 amide bonds. The SMILES string of the molecule is COc1ccc(Nc2nccc(NCC3CCNCC3)n2)cc1OCCCN1CCOCC1. The highest BCUT2D eigenvalue weighted by Crippen LogP contribution is 2.31. The first kappa shape index (κ1) is 23.5. The van der Waals surface area contributed by atoms with Gasteiger partial charge in [0.15, 0.2) is 11.5 Å². The Hall–Kier alpha value is -2.62. The molecule has 0 atom stereocenters. The Bertz CT molecular complexity index is 856. The van der Waals surface area contributed by atoms with Gasteiger partial charge in [0.05, 0.1) is 26.9 Å². The maximum absolute atomic E-state index is 6.05. The zero-order valence-electron chi connectivity index (χ0n) is 19.5. The van der Waals surface area contributed by atoms with Gasteiger partial charge in [-0.2, -0.15) is 4.98 Å². The van der Waals surface area contributed by atoms with Crippen LogP contribution in [0.2, 0.25) is 0 Å². The number of hydrogen-bond donors (Lipinski definition) is 3. The van der Waals surface area contributed by atoms with Crippen molar-refractivity contribution in [2.75, 3.05) is 76.8 Å². The van der Waals surface area contributed by atoms with Crippen molar-refractivity contribution in [1.82, 2.24) is 20.2 Å². The lowest BCUT2D eigenvalue weighted by atomic mass is 9.98. The molecule has 0 saturated carbocycles. The minimum atomic E-state index is 0.550. The van der Waals surface area contributed by atoms with Crippen LogP contribution in [0.25, 0.3) is 0 Å². The number of anilines is 3. The van der Waals surface area contributed by atoms with Gasteiger partial charge in [0.1, 0.15) is 5.82 Å². The molecular formula is C24H36N6O3. The van der Waals surface area contributed by atoms with Gasteiger partial charge in [-0.3, -0.25) is 4.90 Å². The van der Waals surface area contributed by atoms with E-state index in [2.05, 4.69) is 30.8 Å². The summed E-state index contributed by atoms with van der Waals surface area (Å²) in [5.74, 6) is 3.49. The lowest BCUT2D eigenvalue weighted by Crippen LogP contribution is -2.37. The van der Waals surface area contributed by atoms with Crippen LogP contribution in [0.3, 0.4) is 0 Å². The molecule has 0 unspecified atom stereocenters. The number of nitrogens with zero attached hydrogens (tertiary/aromatic N) is 3. The number of piperidine rings is 1. The van der Waals surface area contributed by atoms with Crippen molar-refractivity contribution < 1.29 is 14.2 Å². The Morgan fingerprint density at radius 2 is 2.00 bits per heavy atom. The maximum Gasteiger partial charge on any atom is 0.229 e. The van der Waals surface area contributed by atoms with Crippen molar-refractivity contribution >= 4 is 17.5 Å². The van der Waals surface area contributed by atoms with E-state index in [-0.39, 0.29) is 0 Å². The summed E-state index contributed by atoms with van der Waals surface area (Å²) in [6.45, 7) is 8.39. The van der Waals surface area contributed by atoms with Crippen LogP contribution in [0.15, 0.2) is 30.5 Å². The highest BCUT2D eigenvalue weighted by molar-refractivity contribution is 5.60. The fraction of sp³-hybridized carbons (Fsp3) is 0.583. The lowest BCUT2D eigenvalue weighted by Gasteiger charge is -2.26. The summed E-state index contributed by atoms with van der Waals surface area (Å²) in [6, 6.07) is 7.69. The summed E-state index contributed by atoms with van der Waals surface area (Å²) in [5, 5.41) is 10.1. The molecular weight excluding hydrogens is 420 g/mol. The van der Waals surface area contributed by atoms with Crippen molar-refractivity contribution in [3.8, 4) is 11.5 Å². The summed E-state index contributed by atoms with van der Waals surface area (Å²) in [5.41, 5.74) is 0.856. The molecule has 9 nitrogen and oxygen atoms in total. The van der Waals surface area contributed by atoms with Crippen molar-refractivity contribution in [2.45, 2.75) is 19.3 Å². The molecule has 0 bridgehead atoms. The molecule has 180 valence electrons. The van der Waals surface area contributed by atoms with Gasteiger partial charge < -0.3 is 30.2 Å². The van der Waals surface area contributed by atoms with Gasteiger partial charge in [0.2, 0.25) is 5.95 Å². The summed E-state index contributed by atoms with van der Waals surface area (Å²) in [4.78, 5) is 11.4. The second-order valence-corrected chi connectivity index (χ2v) is 8.49.